The van der Waals surface area contributed by atoms with Gasteiger partial charge in [0.1, 0.15) is 11.6 Å². The summed E-state index contributed by atoms with van der Waals surface area (Å²) < 4.78 is 10.6. The molecule has 0 bridgehead atoms. The Hall–Kier alpha value is -2.47. The molecular weight excluding hydrogens is 342 g/mol. The van der Waals surface area contributed by atoms with Crippen LogP contribution in [0.1, 0.15) is 41.4 Å². The monoisotopic (exact) mass is 369 g/mol. The Morgan fingerprint density at radius 1 is 1.33 bits per heavy atom. The van der Waals surface area contributed by atoms with Gasteiger partial charge in [0, 0.05) is 37.9 Å². The van der Waals surface area contributed by atoms with Gasteiger partial charge in [-0.15, -0.1) is 0 Å². The normalized spacial score (nSPS) is 17.0. The Morgan fingerprint density at radius 3 is 2.96 bits per heavy atom. The summed E-state index contributed by atoms with van der Waals surface area (Å²) in [7, 11) is 3.31. The average Bonchev–Trinajstić information content (AvgIpc) is 2.69. The van der Waals surface area contributed by atoms with E-state index in [1.807, 2.05) is 42.3 Å². The SMILES string of the molecule is COCc1cnc(C)nc1C1CCCN(C(=O)Cc2cccc(OC)c2)C1. The number of hydrogen-bond acceptors (Lipinski definition) is 5. The molecule has 1 aliphatic heterocycles. The molecule has 144 valence electrons. The molecule has 0 N–H and O–H groups in total. The number of benzene rings is 1. The summed E-state index contributed by atoms with van der Waals surface area (Å²) >= 11 is 0. The van der Waals surface area contributed by atoms with Crippen molar-refractivity contribution in [2.45, 2.75) is 38.7 Å². The van der Waals surface area contributed by atoms with Crippen molar-refractivity contribution in [2.75, 3.05) is 27.3 Å². The van der Waals surface area contributed by atoms with Crippen LogP contribution in [0.15, 0.2) is 30.5 Å². The Balaban J connectivity index is 1.72. The maximum atomic E-state index is 12.8. The minimum Gasteiger partial charge on any atom is -0.497 e. The highest BCUT2D eigenvalue weighted by atomic mass is 16.5. The van der Waals surface area contributed by atoms with E-state index in [0.29, 0.717) is 19.6 Å². The summed E-state index contributed by atoms with van der Waals surface area (Å²) in [5, 5.41) is 0. The topological polar surface area (TPSA) is 64.6 Å². The van der Waals surface area contributed by atoms with Crippen molar-refractivity contribution in [3.63, 3.8) is 0 Å². The van der Waals surface area contributed by atoms with Crippen LogP contribution in [0.3, 0.4) is 0 Å². The number of carbonyl (C=O) groups excluding carboxylic acids is 1. The minimum atomic E-state index is 0.145. The van der Waals surface area contributed by atoms with E-state index >= 15 is 0 Å². The second kappa shape index (κ2) is 8.95. The van der Waals surface area contributed by atoms with Crippen LogP contribution >= 0.6 is 0 Å². The third-order valence-electron chi connectivity index (χ3n) is 4.97. The first-order valence-corrected chi connectivity index (χ1v) is 9.32. The van der Waals surface area contributed by atoms with E-state index in [-0.39, 0.29) is 11.8 Å². The van der Waals surface area contributed by atoms with Crippen LogP contribution < -0.4 is 4.74 Å². The molecule has 6 nitrogen and oxygen atoms in total. The number of likely N-dealkylation sites (tertiary alicyclic amines) is 1. The zero-order valence-electron chi connectivity index (χ0n) is 16.3. The number of piperidine rings is 1. The van der Waals surface area contributed by atoms with E-state index in [1.54, 1.807) is 14.2 Å². The van der Waals surface area contributed by atoms with Gasteiger partial charge in [0.25, 0.3) is 0 Å². The number of aromatic nitrogens is 2. The quantitative estimate of drug-likeness (QED) is 0.783. The second-order valence-electron chi connectivity index (χ2n) is 6.97. The predicted octanol–water partition coefficient (Wildman–Crippen LogP) is 2.89. The third-order valence-corrected chi connectivity index (χ3v) is 4.97. The summed E-state index contributed by atoms with van der Waals surface area (Å²) in [4.78, 5) is 23.8. The lowest BCUT2D eigenvalue weighted by molar-refractivity contribution is -0.131. The number of nitrogens with zero attached hydrogens (tertiary/aromatic N) is 3. The first-order valence-electron chi connectivity index (χ1n) is 9.32. The highest BCUT2D eigenvalue weighted by Gasteiger charge is 2.27. The summed E-state index contributed by atoms with van der Waals surface area (Å²) in [6.07, 6.45) is 4.23. The Morgan fingerprint density at radius 2 is 2.19 bits per heavy atom. The summed E-state index contributed by atoms with van der Waals surface area (Å²) in [6.45, 7) is 3.87. The van der Waals surface area contributed by atoms with Gasteiger partial charge in [0.05, 0.1) is 25.8 Å². The number of carbonyl (C=O) groups is 1. The Labute approximate surface area is 160 Å². The van der Waals surface area contributed by atoms with Crippen LogP contribution in [-0.4, -0.2) is 48.1 Å². The van der Waals surface area contributed by atoms with Gasteiger partial charge < -0.3 is 14.4 Å². The molecular formula is C21H27N3O3. The van der Waals surface area contributed by atoms with Gasteiger partial charge in [0.15, 0.2) is 0 Å². The third kappa shape index (κ3) is 4.83. The zero-order chi connectivity index (χ0) is 19.2. The van der Waals surface area contributed by atoms with Gasteiger partial charge in [-0.05, 0) is 37.5 Å². The lowest BCUT2D eigenvalue weighted by atomic mass is 9.91. The first-order chi connectivity index (χ1) is 13.1. The maximum Gasteiger partial charge on any atom is 0.227 e. The highest BCUT2D eigenvalue weighted by Crippen LogP contribution is 2.28. The molecule has 0 saturated carbocycles. The van der Waals surface area contributed by atoms with Crippen molar-refractivity contribution < 1.29 is 14.3 Å². The molecule has 2 heterocycles. The van der Waals surface area contributed by atoms with Crippen molar-refractivity contribution in [1.29, 1.82) is 0 Å². The van der Waals surface area contributed by atoms with E-state index in [0.717, 1.165) is 47.8 Å². The summed E-state index contributed by atoms with van der Waals surface area (Å²) in [6, 6.07) is 7.69. The van der Waals surface area contributed by atoms with Gasteiger partial charge in [-0.25, -0.2) is 9.97 Å². The van der Waals surface area contributed by atoms with Gasteiger partial charge >= 0.3 is 0 Å². The van der Waals surface area contributed by atoms with Crippen molar-refractivity contribution in [1.82, 2.24) is 14.9 Å². The number of hydrogen-bond donors (Lipinski definition) is 0. The van der Waals surface area contributed by atoms with E-state index in [4.69, 9.17) is 9.47 Å². The smallest absolute Gasteiger partial charge is 0.227 e. The van der Waals surface area contributed by atoms with E-state index in [1.165, 1.54) is 0 Å². The lowest BCUT2D eigenvalue weighted by Crippen LogP contribution is -2.40. The number of methoxy groups -OCH3 is 2. The minimum absolute atomic E-state index is 0.145. The van der Waals surface area contributed by atoms with E-state index in [9.17, 15) is 4.79 Å². The van der Waals surface area contributed by atoms with Crippen LogP contribution in [0.25, 0.3) is 0 Å². The van der Waals surface area contributed by atoms with Crippen LogP contribution in [0.2, 0.25) is 0 Å². The molecule has 1 aromatic heterocycles. The van der Waals surface area contributed by atoms with Crippen molar-refractivity contribution in [3.05, 3.63) is 53.1 Å². The maximum absolute atomic E-state index is 12.8. The Kier molecular flexibility index (Phi) is 6.40. The van der Waals surface area contributed by atoms with Crippen molar-refractivity contribution in [3.8, 4) is 5.75 Å². The van der Waals surface area contributed by atoms with Crippen LogP contribution in [0.4, 0.5) is 0 Å². The number of ether oxygens (including phenoxy) is 2. The standard InChI is InChI=1S/C21H27N3O3/c1-15-22-12-18(14-26-2)21(23-15)17-7-5-9-24(13-17)20(25)11-16-6-4-8-19(10-16)27-3/h4,6,8,10,12,17H,5,7,9,11,13-14H2,1-3H3. The number of aryl methyl sites for hydroxylation is 1. The fourth-order valence-electron chi connectivity index (χ4n) is 3.63. The molecule has 0 aliphatic carbocycles. The fraction of sp³-hybridized carbons (Fsp3) is 0.476. The van der Waals surface area contributed by atoms with Crippen LogP contribution in [0, 0.1) is 6.92 Å². The molecule has 1 amide bonds. The molecule has 27 heavy (non-hydrogen) atoms. The predicted molar refractivity (Wildman–Crippen MR) is 103 cm³/mol. The van der Waals surface area contributed by atoms with E-state index in [2.05, 4.69) is 9.97 Å². The van der Waals surface area contributed by atoms with E-state index < -0.39 is 0 Å². The lowest BCUT2D eigenvalue weighted by Gasteiger charge is -2.33. The largest absolute Gasteiger partial charge is 0.497 e. The molecule has 0 radical (unpaired) electrons. The number of amides is 1. The Bertz CT molecular complexity index is 794. The van der Waals surface area contributed by atoms with Crippen molar-refractivity contribution >= 4 is 5.91 Å². The van der Waals surface area contributed by atoms with Gasteiger partial charge in [0.2, 0.25) is 5.91 Å². The number of rotatable bonds is 6. The van der Waals surface area contributed by atoms with Crippen LogP contribution in [-0.2, 0) is 22.6 Å². The molecule has 3 rings (SSSR count). The average molecular weight is 369 g/mol. The van der Waals surface area contributed by atoms with Gasteiger partial charge in [-0.2, -0.15) is 0 Å². The van der Waals surface area contributed by atoms with Gasteiger partial charge in [-0.3, -0.25) is 4.79 Å². The molecule has 6 heteroatoms. The fourth-order valence-corrected chi connectivity index (χ4v) is 3.63. The molecule has 1 unspecified atom stereocenters. The molecule has 1 aliphatic rings. The zero-order valence-corrected chi connectivity index (χ0v) is 16.3. The summed E-state index contributed by atoms with van der Waals surface area (Å²) in [5.41, 5.74) is 3.00. The van der Waals surface area contributed by atoms with Gasteiger partial charge in [-0.1, -0.05) is 12.1 Å². The van der Waals surface area contributed by atoms with Crippen molar-refractivity contribution in [2.24, 2.45) is 0 Å². The molecule has 1 saturated heterocycles. The second-order valence-corrected chi connectivity index (χ2v) is 6.97. The molecule has 1 fully saturated rings. The van der Waals surface area contributed by atoms with Crippen LogP contribution in [0.5, 0.6) is 5.75 Å². The highest BCUT2D eigenvalue weighted by molar-refractivity contribution is 5.79. The first kappa shape index (κ1) is 19.3. The molecule has 2 aromatic rings. The molecule has 1 aromatic carbocycles. The molecule has 0 spiro atoms. The molecule has 1 atom stereocenters. The summed E-state index contributed by atoms with van der Waals surface area (Å²) in [5.74, 6) is 1.90.